The SMILES string of the molecule is COCCNC(=O)c1csc(CN(Cc2ccc(OCc3ccccc3)cc2)Cc2ccc3c(c2)OCO3)n1. The number of rotatable bonds is 13. The number of aromatic nitrogens is 1. The van der Waals surface area contributed by atoms with Crippen LogP contribution in [0.3, 0.4) is 0 Å². The van der Waals surface area contributed by atoms with Crippen molar-refractivity contribution in [3.63, 3.8) is 0 Å². The Balaban J connectivity index is 1.26. The smallest absolute Gasteiger partial charge is 0.270 e. The summed E-state index contributed by atoms with van der Waals surface area (Å²) in [5.41, 5.74) is 3.81. The maximum atomic E-state index is 12.4. The minimum Gasteiger partial charge on any atom is -0.489 e. The quantitative estimate of drug-likeness (QED) is 0.236. The molecule has 3 aromatic carbocycles. The molecule has 2 heterocycles. The van der Waals surface area contributed by atoms with Crippen LogP contribution in [-0.4, -0.2) is 42.8 Å². The van der Waals surface area contributed by atoms with Gasteiger partial charge in [0.25, 0.3) is 5.91 Å². The average Bonchev–Trinajstić information content (AvgIpc) is 3.63. The molecule has 1 aliphatic rings. The van der Waals surface area contributed by atoms with E-state index in [-0.39, 0.29) is 12.7 Å². The molecular weight excluding hydrogens is 514 g/mol. The van der Waals surface area contributed by atoms with Crippen molar-refractivity contribution in [3.8, 4) is 17.2 Å². The Labute approximate surface area is 232 Å². The number of benzene rings is 3. The Kier molecular flexibility index (Phi) is 9.05. The van der Waals surface area contributed by atoms with Crippen LogP contribution >= 0.6 is 11.3 Å². The third-order valence-corrected chi connectivity index (χ3v) is 6.99. The maximum Gasteiger partial charge on any atom is 0.270 e. The molecule has 0 saturated heterocycles. The molecule has 4 aromatic rings. The molecule has 0 fully saturated rings. The zero-order valence-corrected chi connectivity index (χ0v) is 22.6. The minimum absolute atomic E-state index is 0.192. The average molecular weight is 546 g/mol. The van der Waals surface area contributed by atoms with Gasteiger partial charge in [-0.25, -0.2) is 4.98 Å². The molecule has 0 bridgehead atoms. The summed E-state index contributed by atoms with van der Waals surface area (Å²) in [5, 5.41) is 5.50. The van der Waals surface area contributed by atoms with Crippen molar-refractivity contribution in [2.75, 3.05) is 27.1 Å². The summed E-state index contributed by atoms with van der Waals surface area (Å²) in [4.78, 5) is 19.3. The van der Waals surface area contributed by atoms with Crippen LogP contribution in [-0.2, 0) is 31.0 Å². The molecule has 1 aromatic heterocycles. The predicted molar refractivity (Wildman–Crippen MR) is 149 cm³/mol. The standard InChI is InChI=1S/C30H31N3O5S/c1-35-14-13-31-30(34)26-20-39-29(32-26)18-33(17-24-9-12-27-28(15-24)38-21-37-27)16-22-7-10-25(11-8-22)36-19-23-5-3-2-4-6-23/h2-12,15,20H,13-14,16-19,21H2,1H3,(H,31,34). The minimum atomic E-state index is -0.192. The number of methoxy groups -OCH3 is 1. The number of fused-ring (bicyclic) bond motifs is 1. The van der Waals surface area contributed by atoms with Gasteiger partial charge in [0.05, 0.1) is 13.2 Å². The van der Waals surface area contributed by atoms with E-state index in [0.29, 0.717) is 45.1 Å². The first kappa shape index (κ1) is 26.7. The van der Waals surface area contributed by atoms with Gasteiger partial charge < -0.3 is 24.3 Å². The molecule has 0 unspecified atom stereocenters. The molecule has 39 heavy (non-hydrogen) atoms. The topological polar surface area (TPSA) is 82.2 Å². The molecule has 9 heteroatoms. The summed E-state index contributed by atoms with van der Waals surface area (Å²) in [6, 6.07) is 24.3. The van der Waals surface area contributed by atoms with Crippen molar-refractivity contribution < 1.29 is 23.7 Å². The van der Waals surface area contributed by atoms with Gasteiger partial charge in [0.15, 0.2) is 11.5 Å². The van der Waals surface area contributed by atoms with Crippen molar-refractivity contribution >= 4 is 17.2 Å². The van der Waals surface area contributed by atoms with Crippen LogP contribution < -0.4 is 19.5 Å². The van der Waals surface area contributed by atoms with E-state index < -0.39 is 0 Å². The number of nitrogens with zero attached hydrogens (tertiary/aromatic N) is 2. The van der Waals surface area contributed by atoms with Gasteiger partial charge in [-0.15, -0.1) is 11.3 Å². The van der Waals surface area contributed by atoms with E-state index in [9.17, 15) is 4.79 Å². The number of ether oxygens (including phenoxy) is 4. The lowest BCUT2D eigenvalue weighted by atomic mass is 10.1. The van der Waals surface area contributed by atoms with Crippen LogP contribution in [0, 0.1) is 0 Å². The van der Waals surface area contributed by atoms with Crippen molar-refractivity contribution in [3.05, 3.63) is 106 Å². The second-order valence-electron chi connectivity index (χ2n) is 9.13. The van der Waals surface area contributed by atoms with Crippen molar-refractivity contribution in [2.45, 2.75) is 26.2 Å². The summed E-state index contributed by atoms with van der Waals surface area (Å²) in [6.45, 7) is 3.65. The highest BCUT2D eigenvalue weighted by Gasteiger charge is 2.17. The second-order valence-corrected chi connectivity index (χ2v) is 10.1. The highest BCUT2D eigenvalue weighted by atomic mass is 32.1. The van der Waals surface area contributed by atoms with Gasteiger partial charge in [0, 0.05) is 32.1 Å². The van der Waals surface area contributed by atoms with Crippen LogP contribution in [0.1, 0.15) is 32.2 Å². The lowest BCUT2D eigenvalue weighted by molar-refractivity contribution is 0.0932. The van der Waals surface area contributed by atoms with E-state index >= 15 is 0 Å². The first-order valence-electron chi connectivity index (χ1n) is 12.7. The Morgan fingerprint density at radius 3 is 2.54 bits per heavy atom. The van der Waals surface area contributed by atoms with Gasteiger partial charge in [-0.1, -0.05) is 48.5 Å². The lowest BCUT2D eigenvalue weighted by Gasteiger charge is -2.22. The zero-order valence-electron chi connectivity index (χ0n) is 21.8. The summed E-state index contributed by atoms with van der Waals surface area (Å²) in [6.07, 6.45) is 0. The van der Waals surface area contributed by atoms with Gasteiger partial charge in [-0.2, -0.15) is 0 Å². The molecule has 1 N–H and O–H groups in total. The van der Waals surface area contributed by atoms with Crippen LogP contribution in [0.2, 0.25) is 0 Å². The summed E-state index contributed by atoms with van der Waals surface area (Å²) >= 11 is 1.48. The van der Waals surface area contributed by atoms with Crippen molar-refractivity contribution in [1.82, 2.24) is 15.2 Å². The molecule has 0 atom stereocenters. The zero-order chi connectivity index (χ0) is 26.9. The Morgan fingerprint density at radius 1 is 0.949 bits per heavy atom. The normalized spacial score (nSPS) is 12.1. The van der Waals surface area contributed by atoms with E-state index in [0.717, 1.165) is 38.9 Å². The fourth-order valence-corrected chi connectivity index (χ4v) is 5.01. The molecule has 5 rings (SSSR count). The van der Waals surface area contributed by atoms with Gasteiger partial charge in [-0.3, -0.25) is 9.69 Å². The van der Waals surface area contributed by atoms with E-state index in [4.69, 9.17) is 18.9 Å². The first-order chi connectivity index (χ1) is 19.2. The lowest BCUT2D eigenvalue weighted by Crippen LogP contribution is -2.27. The monoisotopic (exact) mass is 545 g/mol. The number of amides is 1. The molecule has 1 amide bonds. The number of carbonyl (C=O) groups excluding carboxylic acids is 1. The molecular formula is C30H31N3O5S. The molecule has 0 radical (unpaired) electrons. The van der Waals surface area contributed by atoms with E-state index in [1.54, 1.807) is 12.5 Å². The van der Waals surface area contributed by atoms with Gasteiger partial charge in [0.2, 0.25) is 6.79 Å². The largest absolute Gasteiger partial charge is 0.489 e. The van der Waals surface area contributed by atoms with E-state index in [1.807, 2.05) is 42.5 Å². The molecule has 8 nitrogen and oxygen atoms in total. The molecule has 0 aliphatic carbocycles. The number of carbonyl (C=O) groups is 1. The summed E-state index contributed by atoms with van der Waals surface area (Å²) in [7, 11) is 1.60. The fraction of sp³-hybridized carbons (Fsp3) is 0.267. The van der Waals surface area contributed by atoms with Gasteiger partial charge in [0.1, 0.15) is 23.1 Å². The Hall–Kier alpha value is -3.92. The maximum absolute atomic E-state index is 12.4. The van der Waals surface area contributed by atoms with Crippen LogP contribution in [0.15, 0.2) is 78.2 Å². The number of nitrogens with one attached hydrogen (secondary N) is 1. The summed E-state index contributed by atoms with van der Waals surface area (Å²) in [5.74, 6) is 2.16. The van der Waals surface area contributed by atoms with Crippen LogP contribution in [0.4, 0.5) is 0 Å². The van der Waals surface area contributed by atoms with Crippen LogP contribution in [0.25, 0.3) is 0 Å². The third kappa shape index (κ3) is 7.57. The molecule has 202 valence electrons. The Morgan fingerprint density at radius 2 is 1.72 bits per heavy atom. The highest BCUT2D eigenvalue weighted by Crippen LogP contribution is 2.33. The van der Waals surface area contributed by atoms with Crippen molar-refractivity contribution in [2.24, 2.45) is 0 Å². The van der Waals surface area contributed by atoms with Gasteiger partial charge in [-0.05, 0) is 41.0 Å². The molecule has 0 spiro atoms. The number of thiazole rings is 1. The summed E-state index contributed by atoms with van der Waals surface area (Å²) < 4.78 is 22.0. The van der Waals surface area contributed by atoms with E-state index in [2.05, 4.69) is 45.5 Å². The highest BCUT2D eigenvalue weighted by molar-refractivity contribution is 7.09. The molecule has 1 aliphatic heterocycles. The fourth-order valence-electron chi connectivity index (χ4n) is 4.19. The molecule has 0 saturated carbocycles. The first-order valence-corrected chi connectivity index (χ1v) is 13.6. The Bertz CT molecular complexity index is 1360. The van der Waals surface area contributed by atoms with Crippen molar-refractivity contribution in [1.29, 1.82) is 0 Å². The number of hydrogen-bond acceptors (Lipinski definition) is 8. The number of hydrogen-bond donors (Lipinski definition) is 1. The van der Waals surface area contributed by atoms with Gasteiger partial charge >= 0.3 is 0 Å². The predicted octanol–water partition coefficient (Wildman–Crippen LogP) is 5.03. The van der Waals surface area contributed by atoms with E-state index in [1.165, 1.54) is 11.3 Å². The van der Waals surface area contributed by atoms with Crippen LogP contribution in [0.5, 0.6) is 17.2 Å². The third-order valence-electron chi connectivity index (χ3n) is 6.16. The second kappa shape index (κ2) is 13.2.